The van der Waals surface area contributed by atoms with Gasteiger partial charge in [-0.05, 0) is 30.3 Å². The van der Waals surface area contributed by atoms with Gasteiger partial charge in [0.2, 0.25) is 5.91 Å². The van der Waals surface area contributed by atoms with E-state index >= 15 is 0 Å². The van der Waals surface area contributed by atoms with Crippen LogP contribution in [0.3, 0.4) is 0 Å². The van der Waals surface area contributed by atoms with Crippen LogP contribution in [0.5, 0.6) is 0 Å². The number of nitriles is 1. The Balaban J connectivity index is 1.62. The number of para-hydroxylation sites is 1. The maximum Gasteiger partial charge on any atom is 0.338 e. The number of carbonyl (C=O) groups excluding carboxylic acids is 2. The molecule has 1 spiro atoms. The topological polar surface area (TPSA) is 99.7 Å². The lowest BCUT2D eigenvalue weighted by atomic mass is 9.67. The Morgan fingerprint density at radius 3 is 2.54 bits per heavy atom. The Labute approximate surface area is 210 Å². The fraction of sp³-hybridized carbons (Fsp3) is 0.107. The summed E-state index contributed by atoms with van der Waals surface area (Å²) in [7, 11) is 0. The number of rotatable bonds is 3. The van der Waals surface area contributed by atoms with Crippen molar-refractivity contribution < 1.29 is 23.1 Å². The second-order valence-electron chi connectivity index (χ2n) is 8.84. The number of hydrogen-bond donors (Lipinski definition) is 1. The molecule has 0 radical (unpaired) electrons. The molecule has 37 heavy (non-hydrogen) atoms. The van der Waals surface area contributed by atoms with Gasteiger partial charge in [-0.15, -0.1) is 0 Å². The minimum Gasteiger partial charge on any atom is -0.456 e. The van der Waals surface area contributed by atoms with Crippen LogP contribution in [0.15, 0.2) is 95.5 Å². The molecule has 0 aromatic heterocycles. The van der Waals surface area contributed by atoms with Gasteiger partial charge in [-0.1, -0.05) is 42.5 Å². The van der Waals surface area contributed by atoms with Gasteiger partial charge in [0.05, 0.1) is 29.1 Å². The van der Waals surface area contributed by atoms with Crippen LogP contribution in [0, 0.1) is 23.0 Å². The summed E-state index contributed by atoms with van der Waals surface area (Å²) in [6.07, 6.45) is 0. The molecule has 3 heterocycles. The van der Waals surface area contributed by atoms with Crippen LogP contribution in [0.2, 0.25) is 0 Å². The van der Waals surface area contributed by atoms with E-state index in [4.69, 9.17) is 10.5 Å². The van der Waals surface area contributed by atoms with Crippen LogP contribution in [0.4, 0.5) is 20.2 Å². The lowest BCUT2D eigenvalue weighted by Crippen LogP contribution is -2.50. The van der Waals surface area contributed by atoms with E-state index in [2.05, 4.69) is 6.07 Å². The molecule has 182 valence electrons. The van der Waals surface area contributed by atoms with Crippen molar-refractivity contribution in [3.63, 3.8) is 0 Å². The molecule has 0 fully saturated rings. The summed E-state index contributed by atoms with van der Waals surface area (Å²) in [5.41, 5.74) is 5.95. The first kappa shape index (κ1) is 22.5. The van der Waals surface area contributed by atoms with E-state index < -0.39 is 28.9 Å². The molecule has 1 atom stereocenters. The van der Waals surface area contributed by atoms with Gasteiger partial charge in [0.15, 0.2) is 0 Å². The number of carbonyl (C=O) groups is 2. The molecule has 3 aliphatic heterocycles. The number of halogens is 2. The number of hydrogen-bond acceptors (Lipinski definition) is 6. The molecule has 3 aliphatic rings. The average molecular weight is 496 g/mol. The molecule has 1 amide bonds. The Hall–Kier alpha value is -4.97. The van der Waals surface area contributed by atoms with Crippen LogP contribution < -0.4 is 15.5 Å². The second-order valence-corrected chi connectivity index (χ2v) is 8.84. The van der Waals surface area contributed by atoms with Gasteiger partial charge in [-0.3, -0.25) is 9.69 Å². The number of cyclic esters (lactones) is 1. The first-order valence-electron chi connectivity index (χ1n) is 11.4. The number of fused-ring (bicyclic) bond motifs is 3. The highest BCUT2D eigenvalue weighted by atomic mass is 19.1. The zero-order valence-electron chi connectivity index (χ0n) is 19.2. The summed E-state index contributed by atoms with van der Waals surface area (Å²) in [5.74, 6) is -2.57. The van der Waals surface area contributed by atoms with Gasteiger partial charge < -0.3 is 15.4 Å². The maximum absolute atomic E-state index is 14.6. The minimum absolute atomic E-state index is 0.0593. The van der Waals surface area contributed by atoms with E-state index in [-0.39, 0.29) is 47.1 Å². The highest BCUT2D eigenvalue weighted by molar-refractivity contribution is 6.19. The third-order valence-corrected chi connectivity index (χ3v) is 6.98. The molecule has 9 heteroatoms. The predicted octanol–water partition coefficient (Wildman–Crippen LogP) is 3.77. The largest absolute Gasteiger partial charge is 0.456 e. The van der Waals surface area contributed by atoms with Crippen molar-refractivity contribution in [2.45, 2.75) is 12.0 Å². The molecule has 2 N–H and O–H groups in total. The first-order chi connectivity index (χ1) is 17.9. The summed E-state index contributed by atoms with van der Waals surface area (Å²) in [6.45, 7) is -0.358. The van der Waals surface area contributed by atoms with Crippen molar-refractivity contribution in [3.8, 4) is 6.07 Å². The van der Waals surface area contributed by atoms with Gasteiger partial charge >= 0.3 is 5.97 Å². The van der Waals surface area contributed by atoms with E-state index in [0.29, 0.717) is 11.3 Å². The van der Waals surface area contributed by atoms with Crippen LogP contribution in [-0.2, 0) is 26.3 Å². The number of amides is 1. The normalized spacial score (nSPS) is 20.4. The number of benzene rings is 3. The third-order valence-electron chi connectivity index (χ3n) is 6.98. The van der Waals surface area contributed by atoms with Gasteiger partial charge in [0.25, 0.3) is 0 Å². The van der Waals surface area contributed by atoms with E-state index in [1.165, 1.54) is 34.1 Å². The molecular weight excluding hydrogens is 478 g/mol. The molecule has 7 nitrogen and oxygen atoms in total. The van der Waals surface area contributed by atoms with Crippen LogP contribution >= 0.6 is 0 Å². The Kier molecular flexibility index (Phi) is 4.88. The fourth-order valence-electron chi connectivity index (χ4n) is 5.46. The number of anilines is 2. The molecular formula is C28H18F2N4O3. The molecule has 0 aliphatic carbocycles. The fourth-order valence-corrected chi connectivity index (χ4v) is 5.46. The van der Waals surface area contributed by atoms with Crippen molar-refractivity contribution >= 4 is 23.3 Å². The standard InChI is InChI=1S/C28H18F2N4O3/c29-17-7-5-8-18(12-17)34-23-15-37-26(35)24(23)28(20(13-31)25(34)32)19-9-2-4-11-22(19)33(27(28)36)14-16-6-1-3-10-21(16)30/h1-12H,14-15,32H2. The highest BCUT2D eigenvalue weighted by Gasteiger charge is 2.64. The van der Waals surface area contributed by atoms with E-state index in [1.807, 2.05) is 0 Å². The number of nitrogens with zero attached hydrogens (tertiary/aromatic N) is 3. The zero-order valence-corrected chi connectivity index (χ0v) is 19.2. The Bertz CT molecular complexity index is 1620. The summed E-state index contributed by atoms with van der Waals surface area (Å²) >= 11 is 0. The zero-order chi connectivity index (χ0) is 25.9. The number of nitrogens with two attached hydrogens (primary N) is 1. The predicted molar refractivity (Wildman–Crippen MR) is 129 cm³/mol. The Morgan fingerprint density at radius 2 is 1.78 bits per heavy atom. The highest BCUT2D eigenvalue weighted by Crippen LogP contribution is 2.56. The minimum atomic E-state index is -1.90. The van der Waals surface area contributed by atoms with Crippen molar-refractivity contribution in [1.82, 2.24) is 0 Å². The van der Waals surface area contributed by atoms with Gasteiger partial charge in [0.1, 0.15) is 35.5 Å². The SMILES string of the molecule is N#CC1=C(N)N(c2cccc(F)c2)C2=C(C(=O)OC2)C12C(=O)N(Cc1ccccc1F)c1ccccc12. The van der Waals surface area contributed by atoms with E-state index in [1.54, 1.807) is 48.5 Å². The van der Waals surface area contributed by atoms with Crippen LogP contribution in [0.1, 0.15) is 11.1 Å². The van der Waals surface area contributed by atoms with Crippen LogP contribution in [-0.4, -0.2) is 18.5 Å². The van der Waals surface area contributed by atoms with Crippen molar-refractivity contribution in [2.75, 3.05) is 16.4 Å². The maximum atomic E-state index is 14.6. The van der Waals surface area contributed by atoms with Crippen molar-refractivity contribution in [1.29, 1.82) is 5.26 Å². The third kappa shape index (κ3) is 2.96. The summed E-state index contributed by atoms with van der Waals surface area (Å²) in [6, 6.07) is 20.3. The van der Waals surface area contributed by atoms with Gasteiger partial charge in [0, 0.05) is 16.8 Å². The monoisotopic (exact) mass is 496 g/mol. The van der Waals surface area contributed by atoms with Crippen LogP contribution in [0.25, 0.3) is 0 Å². The Morgan fingerprint density at radius 1 is 1.03 bits per heavy atom. The molecule has 1 unspecified atom stereocenters. The lowest BCUT2D eigenvalue weighted by Gasteiger charge is -2.38. The molecule has 0 saturated heterocycles. The van der Waals surface area contributed by atoms with E-state index in [0.717, 1.165) is 0 Å². The van der Waals surface area contributed by atoms with Crippen molar-refractivity contribution in [2.24, 2.45) is 5.73 Å². The quantitative estimate of drug-likeness (QED) is 0.554. The number of esters is 1. The average Bonchev–Trinajstić information content (AvgIpc) is 3.38. The number of ether oxygens (including phenoxy) is 1. The molecule has 3 aromatic rings. The molecule has 6 rings (SSSR count). The lowest BCUT2D eigenvalue weighted by molar-refractivity contribution is -0.137. The smallest absolute Gasteiger partial charge is 0.338 e. The first-order valence-corrected chi connectivity index (χ1v) is 11.4. The molecule has 0 saturated carbocycles. The summed E-state index contributed by atoms with van der Waals surface area (Å²) in [4.78, 5) is 30.4. The second kappa shape index (κ2) is 8.03. The van der Waals surface area contributed by atoms with Crippen molar-refractivity contribution in [3.05, 3.63) is 118 Å². The van der Waals surface area contributed by atoms with E-state index in [9.17, 15) is 23.6 Å². The van der Waals surface area contributed by atoms with Gasteiger partial charge in [-0.2, -0.15) is 5.26 Å². The van der Waals surface area contributed by atoms with Gasteiger partial charge in [-0.25, -0.2) is 13.6 Å². The molecule has 3 aromatic carbocycles. The molecule has 0 bridgehead atoms. The summed E-state index contributed by atoms with van der Waals surface area (Å²) in [5, 5.41) is 10.4. The summed E-state index contributed by atoms with van der Waals surface area (Å²) < 4.78 is 34.1.